The number of nitrogens with one attached hydrogen (secondary N) is 1. The second kappa shape index (κ2) is 5.10. The first-order valence-electron chi connectivity index (χ1n) is 5.22. The minimum atomic E-state index is -0.00132. The molecule has 1 amide bonds. The molecule has 1 aromatic rings. The van der Waals surface area contributed by atoms with E-state index in [1.807, 2.05) is 11.4 Å². The number of carbonyl (C=O) groups is 2. The molecule has 0 radical (unpaired) electrons. The van der Waals surface area contributed by atoms with Crippen molar-refractivity contribution in [3.05, 3.63) is 15.9 Å². The molecule has 0 bridgehead atoms. The maximum atomic E-state index is 11.9. The van der Waals surface area contributed by atoms with Crippen molar-refractivity contribution in [1.29, 1.82) is 0 Å². The molecule has 2 rings (SSSR count). The van der Waals surface area contributed by atoms with Crippen LogP contribution in [0.1, 0.15) is 25.7 Å². The minimum Gasteiger partial charge on any atom is -0.317 e. The molecule has 0 unspecified atom stereocenters. The van der Waals surface area contributed by atoms with Crippen molar-refractivity contribution in [3.8, 4) is 0 Å². The number of rotatable bonds is 2. The van der Waals surface area contributed by atoms with Gasteiger partial charge in [0.25, 0.3) is 0 Å². The lowest BCUT2D eigenvalue weighted by Crippen LogP contribution is -2.26. The maximum Gasteiger partial charge on any atom is 0.228 e. The number of hydrogen-bond donors (Lipinski definition) is 1. The van der Waals surface area contributed by atoms with Crippen LogP contribution in [0.2, 0.25) is 0 Å². The number of ketones is 1. The van der Waals surface area contributed by atoms with Crippen molar-refractivity contribution in [2.45, 2.75) is 25.7 Å². The maximum absolute atomic E-state index is 11.9. The van der Waals surface area contributed by atoms with Gasteiger partial charge in [0.2, 0.25) is 5.91 Å². The van der Waals surface area contributed by atoms with E-state index in [0.29, 0.717) is 25.7 Å². The molecule has 1 fully saturated rings. The molecule has 0 saturated heterocycles. The van der Waals surface area contributed by atoms with Gasteiger partial charge in [0.1, 0.15) is 5.78 Å². The molecule has 1 heterocycles. The van der Waals surface area contributed by atoms with Gasteiger partial charge in [0.15, 0.2) is 0 Å². The van der Waals surface area contributed by atoms with Gasteiger partial charge < -0.3 is 5.32 Å². The summed E-state index contributed by atoms with van der Waals surface area (Å²) in [5, 5.41) is 5.67. The van der Waals surface area contributed by atoms with Gasteiger partial charge in [0.05, 0.1) is 5.00 Å². The molecule has 86 valence electrons. The molecule has 1 aliphatic carbocycles. The quantitative estimate of drug-likeness (QED) is 0.912. The second-order valence-electron chi connectivity index (χ2n) is 3.93. The SMILES string of the molecule is O=C1CCC(C(=O)Nc2cc(Br)cs2)CC1. The first-order valence-corrected chi connectivity index (χ1v) is 6.89. The molecular formula is C11H12BrNO2S. The zero-order valence-corrected chi connectivity index (χ0v) is 11.1. The normalized spacial score (nSPS) is 17.4. The second-order valence-corrected chi connectivity index (χ2v) is 5.76. The van der Waals surface area contributed by atoms with Crippen molar-refractivity contribution < 1.29 is 9.59 Å². The van der Waals surface area contributed by atoms with Crippen LogP contribution in [0.5, 0.6) is 0 Å². The van der Waals surface area contributed by atoms with Crippen molar-refractivity contribution >= 4 is 44.0 Å². The standard InChI is InChI=1S/C11H12BrNO2S/c12-8-5-10(16-6-8)13-11(15)7-1-3-9(14)4-2-7/h5-7H,1-4H2,(H,13,15). The average molecular weight is 302 g/mol. The lowest BCUT2D eigenvalue weighted by molar-refractivity contribution is -0.125. The first-order chi connectivity index (χ1) is 7.65. The van der Waals surface area contributed by atoms with Crippen LogP contribution in [0.3, 0.4) is 0 Å². The van der Waals surface area contributed by atoms with E-state index < -0.39 is 0 Å². The van der Waals surface area contributed by atoms with Gasteiger partial charge >= 0.3 is 0 Å². The third kappa shape index (κ3) is 2.92. The first kappa shape index (κ1) is 11.8. The van der Waals surface area contributed by atoms with E-state index in [9.17, 15) is 9.59 Å². The fourth-order valence-corrected chi connectivity index (χ4v) is 3.13. The van der Waals surface area contributed by atoms with Crippen molar-refractivity contribution in [2.24, 2.45) is 5.92 Å². The van der Waals surface area contributed by atoms with Crippen LogP contribution in [0.15, 0.2) is 15.9 Å². The monoisotopic (exact) mass is 301 g/mol. The highest BCUT2D eigenvalue weighted by Crippen LogP contribution is 2.27. The Morgan fingerprint density at radius 3 is 2.69 bits per heavy atom. The third-order valence-electron chi connectivity index (χ3n) is 2.73. The summed E-state index contributed by atoms with van der Waals surface area (Å²) in [6.45, 7) is 0. The van der Waals surface area contributed by atoms with E-state index in [-0.39, 0.29) is 17.6 Å². The molecule has 1 aliphatic rings. The van der Waals surface area contributed by atoms with E-state index in [1.54, 1.807) is 0 Å². The van der Waals surface area contributed by atoms with Crippen molar-refractivity contribution in [3.63, 3.8) is 0 Å². The number of Topliss-reactive ketones (excluding diaryl/α,β-unsaturated/α-hetero) is 1. The molecular weight excluding hydrogens is 290 g/mol. The molecule has 1 N–H and O–H groups in total. The molecule has 0 aromatic carbocycles. The fourth-order valence-electron chi connectivity index (χ4n) is 1.80. The topological polar surface area (TPSA) is 46.2 Å². The summed E-state index contributed by atoms with van der Waals surface area (Å²) < 4.78 is 0.978. The Morgan fingerprint density at radius 1 is 1.44 bits per heavy atom. The van der Waals surface area contributed by atoms with E-state index in [4.69, 9.17) is 0 Å². The van der Waals surface area contributed by atoms with E-state index >= 15 is 0 Å². The van der Waals surface area contributed by atoms with Crippen LogP contribution >= 0.6 is 27.3 Å². The molecule has 0 aliphatic heterocycles. The number of thiophene rings is 1. The predicted molar refractivity (Wildman–Crippen MR) is 67.6 cm³/mol. The van der Waals surface area contributed by atoms with Crippen molar-refractivity contribution in [1.82, 2.24) is 0 Å². The predicted octanol–water partition coefficient (Wildman–Crippen LogP) is 3.21. The Labute approximate surface area is 106 Å². The lowest BCUT2D eigenvalue weighted by Gasteiger charge is -2.19. The molecule has 1 saturated carbocycles. The van der Waals surface area contributed by atoms with Gasteiger partial charge in [-0.3, -0.25) is 9.59 Å². The fraction of sp³-hybridized carbons (Fsp3) is 0.455. The van der Waals surface area contributed by atoms with E-state index in [1.165, 1.54) is 11.3 Å². The summed E-state index contributed by atoms with van der Waals surface area (Å²) in [5.41, 5.74) is 0. The molecule has 5 heteroatoms. The van der Waals surface area contributed by atoms with Gasteiger partial charge in [-0.15, -0.1) is 11.3 Å². The Kier molecular flexibility index (Phi) is 3.76. The van der Waals surface area contributed by atoms with Crippen LogP contribution in [-0.4, -0.2) is 11.7 Å². The third-order valence-corrected chi connectivity index (χ3v) is 4.33. The lowest BCUT2D eigenvalue weighted by atomic mass is 9.88. The molecule has 0 atom stereocenters. The van der Waals surface area contributed by atoms with Crippen LogP contribution in [-0.2, 0) is 9.59 Å². The van der Waals surface area contributed by atoms with Crippen LogP contribution in [0, 0.1) is 5.92 Å². The summed E-state index contributed by atoms with van der Waals surface area (Å²) >= 11 is 4.84. The van der Waals surface area contributed by atoms with E-state index in [0.717, 1.165) is 9.47 Å². The van der Waals surface area contributed by atoms with Crippen LogP contribution in [0.25, 0.3) is 0 Å². The summed E-state index contributed by atoms with van der Waals surface area (Å²) in [6, 6.07) is 1.89. The van der Waals surface area contributed by atoms with Gasteiger partial charge in [0, 0.05) is 28.6 Å². The van der Waals surface area contributed by atoms with Gasteiger partial charge in [-0.05, 0) is 34.8 Å². The summed E-state index contributed by atoms with van der Waals surface area (Å²) in [7, 11) is 0. The summed E-state index contributed by atoms with van der Waals surface area (Å²) in [5.74, 6) is 0.323. The molecule has 3 nitrogen and oxygen atoms in total. The Bertz CT molecular complexity index is 406. The smallest absolute Gasteiger partial charge is 0.228 e. The zero-order valence-electron chi connectivity index (χ0n) is 8.66. The Hall–Kier alpha value is -0.680. The summed E-state index contributed by atoms with van der Waals surface area (Å²) in [4.78, 5) is 22.9. The van der Waals surface area contributed by atoms with Gasteiger partial charge in [-0.25, -0.2) is 0 Å². The van der Waals surface area contributed by atoms with Crippen LogP contribution in [0.4, 0.5) is 5.00 Å². The molecule has 16 heavy (non-hydrogen) atoms. The highest BCUT2D eigenvalue weighted by molar-refractivity contribution is 9.10. The number of carbonyl (C=O) groups excluding carboxylic acids is 2. The number of amides is 1. The average Bonchev–Trinajstić information content (AvgIpc) is 2.65. The number of hydrogen-bond acceptors (Lipinski definition) is 3. The Balaban J connectivity index is 1.91. The minimum absolute atomic E-state index is 0.00132. The number of anilines is 1. The van der Waals surface area contributed by atoms with Gasteiger partial charge in [-0.2, -0.15) is 0 Å². The van der Waals surface area contributed by atoms with E-state index in [2.05, 4.69) is 21.2 Å². The number of halogens is 1. The van der Waals surface area contributed by atoms with Gasteiger partial charge in [-0.1, -0.05) is 0 Å². The van der Waals surface area contributed by atoms with Crippen LogP contribution < -0.4 is 5.32 Å². The highest BCUT2D eigenvalue weighted by Gasteiger charge is 2.24. The highest BCUT2D eigenvalue weighted by atomic mass is 79.9. The van der Waals surface area contributed by atoms with Crippen molar-refractivity contribution in [2.75, 3.05) is 5.32 Å². The molecule has 1 aromatic heterocycles. The summed E-state index contributed by atoms with van der Waals surface area (Å²) in [6.07, 6.45) is 2.48. The zero-order chi connectivity index (χ0) is 11.5. The Morgan fingerprint density at radius 2 is 2.12 bits per heavy atom. The largest absolute Gasteiger partial charge is 0.317 e. The molecule has 0 spiro atoms.